The van der Waals surface area contributed by atoms with E-state index in [0.29, 0.717) is 11.0 Å². The van der Waals surface area contributed by atoms with Crippen LogP contribution < -0.4 is 11.3 Å². The smallest absolute Gasteiger partial charge is 0.261 e. The average molecular weight is 233 g/mol. The van der Waals surface area contributed by atoms with E-state index in [4.69, 9.17) is 5.73 Å². The fraction of sp³-hybridized carbons (Fsp3) is 0.455. The molecule has 0 saturated carbocycles. The van der Waals surface area contributed by atoms with Crippen molar-refractivity contribution in [2.24, 2.45) is 0 Å². The van der Waals surface area contributed by atoms with Gasteiger partial charge in [0.25, 0.3) is 5.56 Å². The molecular weight excluding hydrogens is 218 g/mol. The number of aromatic nitrogens is 3. The third-order valence-electron chi connectivity index (χ3n) is 3.16. The number of aromatic amines is 2. The molecule has 1 aliphatic heterocycles. The minimum atomic E-state index is -0.184. The van der Waals surface area contributed by atoms with Gasteiger partial charge in [0.1, 0.15) is 5.65 Å². The molecule has 0 radical (unpaired) electrons. The van der Waals surface area contributed by atoms with Crippen molar-refractivity contribution in [3.05, 3.63) is 22.1 Å². The zero-order chi connectivity index (χ0) is 11.8. The lowest BCUT2D eigenvalue weighted by atomic mass is 10.3. The number of fused-ring (bicyclic) bond motifs is 1. The predicted octanol–water partition coefficient (Wildman–Crippen LogP) is 0.429. The summed E-state index contributed by atoms with van der Waals surface area (Å²) in [7, 11) is 0. The molecule has 0 atom stereocenters. The molecule has 6 nitrogen and oxygen atoms in total. The first kappa shape index (κ1) is 10.3. The summed E-state index contributed by atoms with van der Waals surface area (Å²) < 4.78 is 0. The molecule has 0 aliphatic carbocycles. The summed E-state index contributed by atoms with van der Waals surface area (Å²) in [4.78, 5) is 23.7. The van der Waals surface area contributed by atoms with Gasteiger partial charge in [-0.3, -0.25) is 14.7 Å². The molecular formula is C11H15N5O. The number of nitrogens with zero attached hydrogens (tertiary/aromatic N) is 2. The summed E-state index contributed by atoms with van der Waals surface area (Å²) in [6.45, 7) is 3.10. The van der Waals surface area contributed by atoms with E-state index in [1.54, 1.807) is 0 Å². The van der Waals surface area contributed by atoms with E-state index >= 15 is 0 Å². The predicted molar refractivity (Wildman–Crippen MR) is 65.6 cm³/mol. The number of anilines is 1. The molecule has 0 amide bonds. The van der Waals surface area contributed by atoms with Crippen LogP contribution in [0.1, 0.15) is 18.5 Å². The van der Waals surface area contributed by atoms with Crippen LogP contribution in [0.2, 0.25) is 0 Å². The van der Waals surface area contributed by atoms with Crippen molar-refractivity contribution in [1.29, 1.82) is 0 Å². The van der Waals surface area contributed by atoms with Crippen molar-refractivity contribution < 1.29 is 0 Å². The van der Waals surface area contributed by atoms with Gasteiger partial charge < -0.3 is 10.7 Å². The Labute approximate surface area is 97.8 Å². The fourth-order valence-electron chi connectivity index (χ4n) is 2.36. The number of H-pyrrole nitrogens is 2. The van der Waals surface area contributed by atoms with Crippen LogP contribution >= 0.6 is 0 Å². The molecule has 2 aromatic heterocycles. The molecule has 4 N–H and O–H groups in total. The second kappa shape index (κ2) is 3.89. The van der Waals surface area contributed by atoms with E-state index in [9.17, 15) is 4.79 Å². The minimum absolute atomic E-state index is 0.150. The van der Waals surface area contributed by atoms with Gasteiger partial charge in [0.15, 0.2) is 0 Å². The molecule has 90 valence electrons. The zero-order valence-electron chi connectivity index (χ0n) is 9.49. The summed E-state index contributed by atoms with van der Waals surface area (Å²) in [6.07, 6.45) is 2.51. The van der Waals surface area contributed by atoms with Crippen LogP contribution in [0.5, 0.6) is 0 Å². The quantitative estimate of drug-likeness (QED) is 0.701. The summed E-state index contributed by atoms with van der Waals surface area (Å²) in [5.41, 5.74) is 6.91. The third-order valence-corrected chi connectivity index (χ3v) is 3.16. The Morgan fingerprint density at radius 2 is 2.12 bits per heavy atom. The lowest BCUT2D eigenvalue weighted by molar-refractivity contribution is 0.328. The monoisotopic (exact) mass is 233 g/mol. The Morgan fingerprint density at radius 1 is 1.35 bits per heavy atom. The second-order valence-corrected chi connectivity index (χ2v) is 4.49. The highest BCUT2D eigenvalue weighted by Gasteiger charge is 2.14. The second-order valence-electron chi connectivity index (χ2n) is 4.49. The number of nitrogens with one attached hydrogen (secondary N) is 2. The molecule has 0 spiro atoms. The van der Waals surface area contributed by atoms with Crippen molar-refractivity contribution in [2.75, 3.05) is 18.8 Å². The van der Waals surface area contributed by atoms with Crippen LogP contribution in [0.3, 0.4) is 0 Å². The van der Waals surface area contributed by atoms with E-state index in [2.05, 4.69) is 19.9 Å². The van der Waals surface area contributed by atoms with Crippen LogP contribution in [0.15, 0.2) is 10.9 Å². The summed E-state index contributed by atoms with van der Waals surface area (Å²) in [6, 6.07) is 1.86. The van der Waals surface area contributed by atoms with Crippen LogP contribution in [0.25, 0.3) is 11.0 Å². The van der Waals surface area contributed by atoms with Crippen molar-refractivity contribution in [1.82, 2.24) is 19.9 Å². The molecule has 2 aromatic rings. The molecule has 0 bridgehead atoms. The molecule has 1 saturated heterocycles. The van der Waals surface area contributed by atoms with Crippen molar-refractivity contribution in [3.63, 3.8) is 0 Å². The van der Waals surface area contributed by atoms with Gasteiger partial charge in [-0.1, -0.05) is 0 Å². The Morgan fingerprint density at radius 3 is 2.88 bits per heavy atom. The first-order chi connectivity index (χ1) is 8.22. The Hall–Kier alpha value is -1.82. The molecule has 3 heterocycles. The average Bonchev–Trinajstić information content (AvgIpc) is 2.87. The first-order valence-electron chi connectivity index (χ1n) is 5.82. The van der Waals surface area contributed by atoms with Gasteiger partial charge in [-0.05, 0) is 32.0 Å². The Balaban J connectivity index is 1.95. The Kier molecular flexibility index (Phi) is 2.36. The maximum Gasteiger partial charge on any atom is 0.261 e. The van der Waals surface area contributed by atoms with Gasteiger partial charge in [-0.15, -0.1) is 0 Å². The van der Waals surface area contributed by atoms with Crippen molar-refractivity contribution in [2.45, 2.75) is 19.4 Å². The van der Waals surface area contributed by atoms with E-state index < -0.39 is 0 Å². The normalized spacial score (nSPS) is 16.9. The van der Waals surface area contributed by atoms with Crippen LogP contribution in [-0.2, 0) is 6.54 Å². The first-order valence-corrected chi connectivity index (χ1v) is 5.82. The fourth-order valence-corrected chi connectivity index (χ4v) is 2.36. The standard InChI is InChI=1S/C11H15N5O/c12-11-14-9-8(10(17)15-11)5-7(13-9)6-16-3-1-2-4-16/h5H,1-4,6H2,(H4,12,13,14,15,17). The lowest BCUT2D eigenvalue weighted by Gasteiger charge is -2.12. The number of rotatable bonds is 2. The molecule has 3 rings (SSSR count). The maximum atomic E-state index is 11.6. The van der Waals surface area contributed by atoms with Crippen molar-refractivity contribution in [3.8, 4) is 0 Å². The van der Waals surface area contributed by atoms with Gasteiger partial charge in [0.05, 0.1) is 5.39 Å². The zero-order valence-corrected chi connectivity index (χ0v) is 9.49. The summed E-state index contributed by atoms with van der Waals surface area (Å²) >= 11 is 0. The van der Waals surface area contributed by atoms with E-state index in [-0.39, 0.29) is 11.5 Å². The lowest BCUT2D eigenvalue weighted by Crippen LogP contribution is -2.18. The highest BCUT2D eigenvalue weighted by atomic mass is 16.1. The molecule has 0 unspecified atom stereocenters. The summed E-state index contributed by atoms with van der Waals surface area (Å²) in [5.74, 6) is 0.150. The number of hydrogen-bond acceptors (Lipinski definition) is 4. The SMILES string of the molecule is Nc1nc2[nH]c(CN3CCCC3)cc2c(=O)[nH]1. The number of likely N-dealkylation sites (tertiary alicyclic amines) is 1. The molecule has 1 aliphatic rings. The minimum Gasteiger partial charge on any atom is -0.369 e. The molecule has 6 heteroatoms. The van der Waals surface area contributed by atoms with Gasteiger partial charge >= 0.3 is 0 Å². The third kappa shape index (κ3) is 1.91. The summed E-state index contributed by atoms with van der Waals surface area (Å²) in [5, 5.41) is 0.577. The van der Waals surface area contributed by atoms with Crippen LogP contribution in [0, 0.1) is 0 Å². The van der Waals surface area contributed by atoms with E-state index in [1.165, 1.54) is 12.8 Å². The topological polar surface area (TPSA) is 90.8 Å². The highest BCUT2D eigenvalue weighted by Crippen LogP contribution is 2.15. The van der Waals surface area contributed by atoms with Crippen LogP contribution in [0.4, 0.5) is 5.95 Å². The largest absolute Gasteiger partial charge is 0.369 e. The van der Waals surface area contributed by atoms with E-state index in [0.717, 1.165) is 25.3 Å². The molecule has 1 fully saturated rings. The van der Waals surface area contributed by atoms with Crippen LogP contribution in [-0.4, -0.2) is 32.9 Å². The van der Waals surface area contributed by atoms with Crippen molar-refractivity contribution >= 4 is 17.0 Å². The molecule has 0 aromatic carbocycles. The van der Waals surface area contributed by atoms with Gasteiger partial charge in [0.2, 0.25) is 5.95 Å². The van der Waals surface area contributed by atoms with E-state index in [1.807, 2.05) is 6.07 Å². The maximum absolute atomic E-state index is 11.6. The van der Waals surface area contributed by atoms with Gasteiger partial charge in [-0.25, -0.2) is 0 Å². The number of hydrogen-bond donors (Lipinski definition) is 3. The molecule has 17 heavy (non-hydrogen) atoms. The Bertz CT molecular complexity index is 593. The number of nitrogen functional groups attached to an aromatic ring is 1. The van der Waals surface area contributed by atoms with Gasteiger partial charge in [-0.2, -0.15) is 4.98 Å². The highest BCUT2D eigenvalue weighted by molar-refractivity contribution is 5.76. The van der Waals surface area contributed by atoms with Gasteiger partial charge in [0, 0.05) is 12.2 Å². The number of nitrogens with two attached hydrogens (primary N) is 1.